The molecule has 5 heteroatoms. The summed E-state index contributed by atoms with van der Waals surface area (Å²) in [5.41, 5.74) is 2.98. The molecule has 2 aromatic heterocycles. The molecule has 0 unspecified atom stereocenters. The van der Waals surface area contributed by atoms with Gasteiger partial charge in [0.05, 0.1) is 12.3 Å². The van der Waals surface area contributed by atoms with Crippen LogP contribution in [-0.2, 0) is 6.42 Å². The van der Waals surface area contributed by atoms with E-state index in [4.69, 9.17) is 4.74 Å². The van der Waals surface area contributed by atoms with Gasteiger partial charge < -0.3 is 15.0 Å². The molecule has 0 fully saturated rings. The zero-order valence-electron chi connectivity index (χ0n) is 13.1. The zero-order valence-corrected chi connectivity index (χ0v) is 13.1. The summed E-state index contributed by atoms with van der Waals surface area (Å²) in [6.07, 6.45) is 8.32. The second-order valence-corrected chi connectivity index (χ2v) is 5.14. The average molecular weight is 308 g/mol. The summed E-state index contributed by atoms with van der Waals surface area (Å²) < 4.78 is 5.90. The summed E-state index contributed by atoms with van der Waals surface area (Å²) in [4.78, 5) is 11.7. The van der Waals surface area contributed by atoms with Gasteiger partial charge in [-0.05, 0) is 12.5 Å². The van der Waals surface area contributed by atoms with E-state index in [1.807, 2.05) is 37.4 Å². The molecule has 118 valence electrons. The molecule has 1 aromatic carbocycles. The van der Waals surface area contributed by atoms with E-state index < -0.39 is 0 Å². The topological polar surface area (TPSA) is 62.8 Å². The van der Waals surface area contributed by atoms with Gasteiger partial charge in [-0.1, -0.05) is 42.5 Å². The van der Waals surface area contributed by atoms with Crippen molar-refractivity contribution in [2.45, 2.75) is 13.3 Å². The SMILES string of the molecule is C/C=C/CNc1c[nH]c2ncnc(OCCc3ccccc3)c12. The van der Waals surface area contributed by atoms with Gasteiger partial charge in [0.15, 0.2) is 0 Å². The normalized spacial score (nSPS) is 11.2. The van der Waals surface area contributed by atoms with Crippen molar-refractivity contribution in [3.63, 3.8) is 0 Å². The monoisotopic (exact) mass is 308 g/mol. The molecular weight excluding hydrogens is 288 g/mol. The number of allylic oxidation sites excluding steroid dienone is 1. The van der Waals surface area contributed by atoms with E-state index in [1.54, 1.807) is 0 Å². The van der Waals surface area contributed by atoms with Gasteiger partial charge in [-0.3, -0.25) is 0 Å². The Morgan fingerprint density at radius 2 is 2.09 bits per heavy atom. The first-order valence-corrected chi connectivity index (χ1v) is 7.72. The fourth-order valence-electron chi connectivity index (χ4n) is 2.38. The van der Waals surface area contributed by atoms with Crippen molar-refractivity contribution in [3.05, 3.63) is 60.6 Å². The average Bonchev–Trinajstić information content (AvgIpc) is 3.00. The van der Waals surface area contributed by atoms with Crippen molar-refractivity contribution in [1.82, 2.24) is 15.0 Å². The highest BCUT2D eigenvalue weighted by Gasteiger charge is 2.11. The van der Waals surface area contributed by atoms with Gasteiger partial charge in [-0.2, -0.15) is 0 Å². The predicted molar refractivity (Wildman–Crippen MR) is 92.8 cm³/mol. The molecule has 0 saturated heterocycles. The highest BCUT2D eigenvalue weighted by molar-refractivity contribution is 5.94. The second kappa shape index (κ2) is 7.45. The maximum Gasteiger partial charge on any atom is 0.228 e. The van der Waals surface area contributed by atoms with E-state index in [0.717, 1.165) is 29.7 Å². The quantitative estimate of drug-likeness (QED) is 0.655. The molecular formula is C18H20N4O. The number of fused-ring (bicyclic) bond motifs is 1. The largest absolute Gasteiger partial charge is 0.477 e. The van der Waals surface area contributed by atoms with E-state index in [2.05, 4.69) is 38.5 Å². The molecule has 3 aromatic rings. The van der Waals surface area contributed by atoms with Crippen LogP contribution in [-0.4, -0.2) is 28.1 Å². The first kappa shape index (κ1) is 15.1. The fourth-order valence-corrected chi connectivity index (χ4v) is 2.38. The molecule has 0 atom stereocenters. The molecule has 2 heterocycles. The van der Waals surface area contributed by atoms with Crippen molar-refractivity contribution in [2.75, 3.05) is 18.5 Å². The van der Waals surface area contributed by atoms with Gasteiger partial charge in [0.2, 0.25) is 5.88 Å². The van der Waals surface area contributed by atoms with Crippen LogP contribution >= 0.6 is 0 Å². The second-order valence-electron chi connectivity index (χ2n) is 5.14. The third-order valence-corrected chi connectivity index (χ3v) is 3.55. The number of nitrogens with zero attached hydrogens (tertiary/aromatic N) is 2. The minimum absolute atomic E-state index is 0.579. The van der Waals surface area contributed by atoms with E-state index in [0.29, 0.717) is 12.5 Å². The van der Waals surface area contributed by atoms with Crippen molar-refractivity contribution >= 4 is 16.7 Å². The van der Waals surface area contributed by atoms with Gasteiger partial charge in [0.1, 0.15) is 17.4 Å². The van der Waals surface area contributed by atoms with Crippen LogP contribution in [0.25, 0.3) is 11.0 Å². The van der Waals surface area contributed by atoms with Gasteiger partial charge in [-0.15, -0.1) is 0 Å². The minimum atomic E-state index is 0.579. The van der Waals surface area contributed by atoms with Gasteiger partial charge in [0.25, 0.3) is 0 Å². The third kappa shape index (κ3) is 3.69. The Kier molecular flexibility index (Phi) is 4.88. The molecule has 0 aliphatic heterocycles. The highest BCUT2D eigenvalue weighted by atomic mass is 16.5. The Morgan fingerprint density at radius 1 is 1.22 bits per heavy atom. The number of ether oxygens (including phenoxy) is 1. The van der Waals surface area contributed by atoms with Gasteiger partial charge in [0, 0.05) is 19.2 Å². The molecule has 5 nitrogen and oxygen atoms in total. The Hall–Kier alpha value is -2.82. The predicted octanol–water partition coefficient (Wildman–Crippen LogP) is 3.57. The summed E-state index contributed by atoms with van der Waals surface area (Å²) in [6, 6.07) is 10.3. The molecule has 0 bridgehead atoms. The molecule has 0 spiro atoms. The number of hydrogen-bond acceptors (Lipinski definition) is 4. The lowest BCUT2D eigenvalue weighted by Gasteiger charge is -2.08. The summed E-state index contributed by atoms with van der Waals surface area (Å²) in [5, 5.41) is 4.23. The number of hydrogen-bond donors (Lipinski definition) is 2. The van der Waals surface area contributed by atoms with Crippen LogP contribution < -0.4 is 10.1 Å². The van der Waals surface area contributed by atoms with Crippen molar-refractivity contribution < 1.29 is 4.74 Å². The number of nitrogens with one attached hydrogen (secondary N) is 2. The van der Waals surface area contributed by atoms with Gasteiger partial charge >= 0.3 is 0 Å². The first-order valence-electron chi connectivity index (χ1n) is 7.72. The number of anilines is 1. The van der Waals surface area contributed by atoms with Crippen molar-refractivity contribution in [3.8, 4) is 5.88 Å². The van der Waals surface area contributed by atoms with Crippen LogP contribution in [0, 0.1) is 0 Å². The van der Waals surface area contributed by atoms with E-state index >= 15 is 0 Å². The van der Waals surface area contributed by atoms with E-state index in [-0.39, 0.29) is 0 Å². The smallest absolute Gasteiger partial charge is 0.228 e. The number of rotatable bonds is 7. The number of aromatic nitrogens is 3. The minimum Gasteiger partial charge on any atom is -0.477 e. The van der Waals surface area contributed by atoms with Crippen LogP contribution in [0.1, 0.15) is 12.5 Å². The molecule has 23 heavy (non-hydrogen) atoms. The van der Waals surface area contributed by atoms with Crippen LogP contribution in [0.15, 0.2) is 55.0 Å². The zero-order chi connectivity index (χ0) is 15.9. The van der Waals surface area contributed by atoms with Crippen LogP contribution in [0.3, 0.4) is 0 Å². The van der Waals surface area contributed by atoms with E-state index in [9.17, 15) is 0 Å². The van der Waals surface area contributed by atoms with Crippen LogP contribution in [0.4, 0.5) is 5.69 Å². The molecule has 0 amide bonds. The Bertz CT molecular complexity index is 780. The fraction of sp³-hybridized carbons (Fsp3) is 0.222. The molecule has 2 N–H and O–H groups in total. The maximum absolute atomic E-state index is 5.90. The summed E-state index contributed by atoms with van der Waals surface area (Å²) in [5.74, 6) is 0.607. The Balaban J connectivity index is 1.73. The molecule has 0 saturated carbocycles. The number of benzene rings is 1. The lowest BCUT2D eigenvalue weighted by molar-refractivity contribution is 0.313. The molecule has 3 rings (SSSR count). The standard InChI is InChI=1S/C18H20N4O/c1-2-3-10-19-15-12-20-17-16(15)18(22-13-21-17)23-11-9-14-7-5-4-6-8-14/h2-8,12-13,19H,9-11H2,1H3,(H,20,21,22)/b3-2+. The van der Waals surface area contributed by atoms with Gasteiger partial charge in [-0.25, -0.2) is 9.97 Å². The van der Waals surface area contributed by atoms with Crippen LogP contribution in [0.2, 0.25) is 0 Å². The molecule has 0 aliphatic rings. The van der Waals surface area contributed by atoms with Crippen LogP contribution in [0.5, 0.6) is 5.88 Å². The number of H-pyrrole nitrogens is 1. The Labute approximate surface area is 135 Å². The lowest BCUT2D eigenvalue weighted by atomic mass is 10.2. The van der Waals surface area contributed by atoms with E-state index in [1.165, 1.54) is 11.9 Å². The van der Waals surface area contributed by atoms with Crippen molar-refractivity contribution in [2.24, 2.45) is 0 Å². The highest BCUT2D eigenvalue weighted by Crippen LogP contribution is 2.29. The third-order valence-electron chi connectivity index (χ3n) is 3.55. The summed E-state index contributed by atoms with van der Waals surface area (Å²) >= 11 is 0. The lowest BCUT2D eigenvalue weighted by Crippen LogP contribution is -2.04. The summed E-state index contributed by atoms with van der Waals surface area (Å²) in [6.45, 7) is 3.33. The number of aromatic amines is 1. The Morgan fingerprint density at radius 3 is 2.91 bits per heavy atom. The molecule has 0 radical (unpaired) electrons. The van der Waals surface area contributed by atoms with Crippen molar-refractivity contribution in [1.29, 1.82) is 0 Å². The summed E-state index contributed by atoms with van der Waals surface area (Å²) in [7, 11) is 0. The maximum atomic E-state index is 5.90. The molecule has 0 aliphatic carbocycles. The first-order chi connectivity index (χ1) is 11.4.